The number of nitrogens with one attached hydrogen (secondary N) is 1. The predicted octanol–water partition coefficient (Wildman–Crippen LogP) is 3.45. The first-order valence-corrected chi connectivity index (χ1v) is 6.47. The Bertz CT molecular complexity index is 622. The van der Waals surface area contributed by atoms with E-state index in [4.69, 9.17) is 23.2 Å². The summed E-state index contributed by atoms with van der Waals surface area (Å²) in [5.41, 5.74) is 2.31. The monoisotopic (exact) mass is 297 g/mol. The zero-order valence-corrected chi connectivity index (χ0v) is 12.1. The van der Waals surface area contributed by atoms with E-state index < -0.39 is 0 Å². The minimum atomic E-state index is -0.173. The van der Waals surface area contributed by atoms with Gasteiger partial charge < -0.3 is 5.32 Å². The molecule has 0 aliphatic rings. The van der Waals surface area contributed by atoms with Crippen molar-refractivity contribution in [3.05, 3.63) is 45.7 Å². The quantitative estimate of drug-likeness (QED) is 0.943. The van der Waals surface area contributed by atoms with Crippen molar-refractivity contribution in [3.63, 3.8) is 0 Å². The standard InChI is InChI=1S/C13H13Cl2N3O/c1-8-10(14)4-3-5-12(8)17-13(19)7-18-9(2)11(15)6-16-18/h3-6H,7H2,1-2H3,(H,17,19). The molecule has 0 fully saturated rings. The molecule has 6 heteroatoms. The van der Waals surface area contributed by atoms with Gasteiger partial charge in [-0.15, -0.1) is 0 Å². The summed E-state index contributed by atoms with van der Waals surface area (Å²) >= 11 is 11.9. The number of hydrogen-bond donors (Lipinski definition) is 1. The van der Waals surface area contributed by atoms with E-state index in [-0.39, 0.29) is 12.5 Å². The van der Waals surface area contributed by atoms with Crippen LogP contribution in [0.2, 0.25) is 10.0 Å². The van der Waals surface area contributed by atoms with Crippen molar-refractivity contribution in [2.24, 2.45) is 0 Å². The fourth-order valence-corrected chi connectivity index (χ4v) is 1.97. The van der Waals surface area contributed by atoms with E-state index >= 15 is 0 Å². The Hall–Kier alpha value is -1.52. The average Bonchev–Trinajstić information content (AvgIpc) is 2.67. The molecule has 2 rings (SSSR count). The Morgan fingerprint density at radius 3 is 2.68 bits per heavy atom. The van der Waals surface area contributed by atoms with E-state index in [1.807, 2.05) is 19.9 Å². The van der Waals surface area contributed by atoms with Gasteiger partial charge in [0.25, 0.3) is 0 Å². The van der Waals surface area contributed by atoms with Gasteiger partial charge in [0.15, 0.2) is 0 Å². The lowest BCUT2D eigenvalue weighted by atomic mass is 10.2. The van der Waals surface area contributed by atoms with Crippen molar-refractivity contribution >= 4 is 34.8 Å². The summed E-state index contributed by atoms with van der Waals surface area (Å²) in [6.07, 6.45) is 1.52. The molecule has 1 N–H and O–H groups in total. The highest BCUT2D eigenvalue weighted by Gasteiger charge is 2.10. The third kappa shape index (κ3) is 3.08. The first-order valence-electron chi connectivity index (χ1n) is 5.72. The van der Waals surface area contributed by atoms with Crippen LogP contribution < -0.4 is 5.32 Å². The predicted molar refractivity (Wildman–Crippen MR) is 76.8 cm³/mol. The summed E-state index contributed by atoms with van der Waals surface area (Å²) in [6.45, 7) is 3.78. The summed E-state index contributed by atoms with van der Waals surface area (Å²) in [4.78, 5) is 11.9. The van der Waals surface area contributed by atoms with Crippen LogP contribution >= 0.6 is 23.2 Å². The van der Waals surface area contributed by atoms with Gasteiger partial charge in [0, 0.05) is 10.7 Å². The molecule has 2 aromatic rings. The first kappa shape index (κ1) is 13.9. The highest BCUT2D eigenvalue weighted by molar-refractivity contribution is 6.32. The van der Waals surface area contributed by atoms with E-state index in [0.717, 1.165) is 11.3 Å². The highest BCUT2D eigenvalue weighted by Crippen LogP contribution is 2.23. The Morgan fingerprint density at radius 2 is 2.05 bits per heavy atom. The molecule has 0 aliphatic heterocycles. The van der Waals surface area contributed by atoms with Gasteiger partial charge in [-0.2, -0.15) is 5.10 Å². The molecule has 19 heavy (non-hydrogen) atoms. The van der Waals surface area contributed by atoms with Crippen LogP contribution in [-0.2, 0) is 11.3 Å². The molecule has 0 aliphatic carbocycles. The Morgan fingerprint density at radius 1 is 1.32 bits per heavy atom. The summed E-state index contributed by atoms with van der Waals surface area (Å²) < 4.78 is 1.55. The van der Waals surface area contributed by atoms with Crippen molar-refractivity contribution in [3.8, 4) is 0 Å². The largest absolute Gasteiger partial charge is 0.324 e. The third-order valence-corrected chi connectivity index (χ3v) is 3.66. The van der Waals surface area contributed by atoms with Gasteiger partial charge in [0.1, 0.15) is 6.54 Å². The molecule has 0 spiro atoms. The summed E-state index contributed by atoms with van der Waals surface area (Å²) in [7, 11) is 0. The van der Waals surface area contributed by atoms with Crippen LogP contribution in [0.3, 0.4) is 0 Å². The molecule has 4 nitrogen and oxygen atoms in total. The maximum absolute atomic E-state index is 11.9. The molecule has 0 unspecified atom stereocenters. The number of hydrogen-bond acceptors (Lipinski definition) is 2. The van der Waals surface area contributed by atoms with E-state index in [2.05, 4.69) is 10.4 Å². The minimum absolute atomic E-state index is 0.116. The highest BCUT2D eigenvalue weighted by atomic mass is 35.5. The van der Waals surface area contributed by atoms with Gasteiger partial charge in [0.2, 0.25) is 5.91 Å². The molecule has 1 amide bonds. The molecule has 0 saturated carbocycles. The molecule has 1 aromatic heterocycles. The third-order valence-electron chi connectivity index (χ3n) is 2.88. The topological polar surface area (TPSA) is 46.9 Å². The van der Waals surface area contributed by atoms with Crippen molar-refractivity contribution in [1.29, 1.82) is 0 Å². The number of rotatable bonds is 3. The number of amides is 1. The maximum Gasteiger partial charge on any atom is 0.246 e. The molecule has 0 saturated heterocycles. The van der Waals surface area contributed by atoms with Crippen molar-refractivity contribution < 1.29 is 4.79 Å². The van der Waals surface area contributed by atoms with Gasteiger partial charge in [0.05, 0.1) is 16.9 Å². The smallest absolute Gasteiger partial charge is 0.246 e. The second-order valence-electron chi connectivity index (χ2n) is 4.20. The summed E-state index contributed by atoms with van der Waals surface area (Å²) in [5.74, 6) is -0.173. The number of nitrogens with zero attached hydrogens (tertiary/aromatic N) is 2. The number of anilines is 1. The SMILES string of the molecule is Cc1c(Cl)cccc1NC(=O)Cn1ncc(Cl)c1C. The molecule has 0 atom stereocenters. The summed E-state index contributed by atoms with van der Waals surface area (Å²) in [6, 6.07) is 5.38. The maximum atomic E-state index is 11.9. The number of carbonyl (C=O) groups excluding carboxylic acids is 1. The first-order chi connectivity index (χ1) is 8.99. The van der Waals surface area contributed by atoms with E-state index in [0.29, 0.717) is 15.7 Å². The zero-order valence-electron chi connectivity index (χ0n) is 10.6. The van der Waals surface area contributed by atoms with E-state index in [1.54, 1.807) is 16.8 Å². The lowest BCUT2D eigenvalue weighted by Crippen LogP contribution is -2.20. The lowest BCUT2D eigenvalue weighted by molar-refractivity contribution is -0.116. The molecule has 0 radical (unpaired) electrons. The van der Waals surface area contributed by atoms with E-state index in [9.17, 15) is 4.79 Å². The van der Waals surface area contributed by atoms with Crippen molar-refractivity contribution in [1.82, 2.24) is 9.78 Å². The molecule has 1 aromatic carbocycles. The normalized spacial score (nSPS) is 10.5. The van der Waals surface area contributed by atoms with Crippen molar-refractivity contribution in [2.75, 3.05) is 5.32 Å². The van der Waals surface area contributed by atoms with Crippen LogP contribution in [0.25, 0.3) is 0 Å². The zero-order chi connectivity index (χ0) is 14.0. The second kappa shape index (κ2) is 5.63. The number of halogens is 2. The van der Waals surface area contributed by atoms with Crippen LogP contribution in [0.15, 0.2) is 24.4 Å². The number of carbonyl (C=O) groups is 1. The minimum Gasteiger partial charge on any atom is -0.324 e. The van der Waals surface area contributed by atoms with Crippen molar-refractivity contribution in [2.45, 2.75) is 20.4 Å². The Balaban J connectivity index is 2.10. The van der Waals surface area contributed by atoms with Crippen LogP contribution in [0.4, 0.5) is 5.69 Å². The molecule has 1 heterocycles. The van der Waals surface area contributed by atoms with Crippen LogP contribution in [-0.4, -0.2) is 15.7 Å². The summed E-state index contributed by atoms with van der Waals surface area (Å²) in [5, 5.41) is 8.01. The Labute approximate surface area is 121 Å². The van der Waals surface area contributed by atoms with Gasteiger partial charge in [-0.3, -0.25) is 9.48 Å². The van der Waals surface area contributed by atoms with Gasteiger partial charge in [-0.1, -0.05) is 29.3 Å². The van der Waals surface area contributed by atoms with Crippen LogP contribution in [0.1, 0.15) is 11.3 Å². The molecular formula is C13H13Cl2N3O. The number of aromatic nitrogens is 2. The lowest BCUT2D eigenvalue weighted by Gasteiger charge is -2.10. The Kier molecular flexibility index (Phi) is 4.12. The van der Waals surface area contributed by atoms with E-state index in [1.165, 1.54) is 6.20 Å². The van der Waals surface area contributed by atoms with Gasteiger partial charge >= 0.3 is 0 Å². The fraction of sp³-hybridized carbons (Fsp3) is 0.231. The molecule has 100 valence electrons. The van der Waals surface area contributed by atoms with Crippen LogP contribution in [0.5, 0.6) is 0 Å². The number of benzene rings is 1. The molecule has 0 bridgehead atoms. The van der Waals surface area contributed by atoms with Crippen LogP contribution in [0, 0.1) is 13.8 Å². The average molecular weight is 298 g/mol. The van der Waals surface area contributed by atoms with Gasteiger partial charge in [-0.05, 0) is 31.5 Å². The molecular weight excluding hydrogens is 285 g/mol. The second-order valence-corrected chi connectivity index (χ2v) is 5.01. The van der Waals surface area contributed by atoms with Gasteiger partial charge in [-0.25, -0.2) is 0 Å². The fourth-order valence-electron chi connectivity index (χ4n) is 1.65.